The Bertz CT molecular complexity index is 0. The van der Waals surface area contributed by atoms with E-state index < -0.39 is 0 Å². The second-order valence-electron chi connectivity index (χ2n) is 0. The minimum absolute atomic E-state index is 0. The second-order valence-corrected chi connectivity index (χ2v) is 0. The monoisotopic (exact) mass is 5040 g/mol. The average Bonchev–Trinajstić information content (AvgIpc) is 0. The van der Waals surface area contributed by atoms with Crippen molar-refractivity contribution in [2.24, 2.45) is 0 Å². The Morgan fingerprint density at radius 2 is 0.0101 bits per heavy atom. The van der Waals surface area contributed by atoms with Gasteiger partial charge in [0.25, 0.3) is 0 Å². The molecular formula is V99. The maximum atomic E-state index is 0. The van der Waals surface area contributed by atoms with Crippen molar-refractivity contribution in [3.05, 3.63) is 0 Å². The van der Waals surface area contributed by atoms with Gasteiger partial charge in [-0.1, -0.05) is 0 Å². The van der Waals surface area contributed by atoms with Crippen LogP contribution in [0.5, 0.6) is 0 Å². The Morgan fingerprint density at radius 3 is 0.0101 bits per heavy atom. The molecule has 0 unspecified atom stereocenters. The van der Waals surface area contributed by atoms with E-state index in [-0.39, 0.29) is 1840 Å². The third kappa shape index (κ3) is 1100. The Labute approximate surface area is 1780 Å². The number of rotatable bonds is 0. The fourth-order valence-electron chi connectivity index (χ4n) is 0. The first-order chi connectivity index (χ1) is 0. The third-order valence-electron chi connectivity index (χ3n) is 0. The van der Waals surface area contributed by atoms with Gasteiger partial charge in [0, 0.05) is 1840 Å². The van der Waals surface area contributed by atoms with Gasteiger partial charge in [0.2, 0.25) is 0 Å². The summed E-state index contributed by atoms with van der Waals surface area (Å²) in [6.45, 7) is 0. The standard InChI is InChI=1S/99V. The van der Waals surface area contributed by atoms with Gasteiger partial charge in [0.05, 0.1) is 0 Å². The minimum atomic E-state index is 0. The molecule has 0 amide bonds. The molecule has 495 valence electrons. The van der Waals surface area contributed by atoms with E-state index in [1.54, 1.807) is 0 Å². The van der Waals surface area contributed by atoms with E-state index in [1.807, 2.05) is 0 Å². The van der Waals surface area contributed by atoms with Gasteiger partial charge in [-0.3, -0.25) is 0 Å². The Kier molecular flexibility index (Phi) is 12800. The predicted molar refractivity (Wildman–Crippen MR) is 0 cm³/mol. The van der Waals surface area contributed by atoms with Crippen LogP contribution in [0.1, 0.15) is 0 Å². The van der Waals surface area contributed by atoms with Crippen molar-refractivity contribution in [1.29, 1.82) is 0 Å². The Hall–Kier alpha value is 57.9. The molecule has 0 saturated heterocycles. The molecule has 0 saturated carbocycles. The van der Waals surface area contributed by atoms with Crippen LogP contribution in [0.3, 0.4) is 0 Å². The summed E-state index contributed by atoms with van der Waals surface area (Å²) in [7, 11) is 0. The molecule has 0 aromatic carbocycles. The molecule has 99 radical (unpaired) electrons. The number of hydrogen-bond donors (Lipinski definition) is 0. The molecule has 0 aliphatic heterocycles. The van der Waals surface area contributed by atoms with E-state index in [2.05, 4.69) is 0 Å². The molecule has 0 spiro atoms. The summed E-state index contributed by atoms with van der Waals surface area (Å²) in [5.41, 5.74) is 0. The molecule has 0 heterocycles. The van der Waals surface area contributed by atoms with Gasteiger partial charge in [0.15, 0.2) is 0 Å². The van der Waals surface area contributed by atoms with E-state index in [0.717, 1.165) is 0 Å². The smallest absolute Gasteiger partial charge is 0 e. The summed E-state index contributed by atoms with van der Waals surface area (Å²) in [5.74, 6) is 0. The van der Waals surface area contributed by atoms with Gasteiger partial charge < -0.3 is 0 Å². The molecule has 99 heteroatoms. The zero-order valence-corrected chi connectivity index (χ0v) is 183. The summed E-state index contributed by atoms with van der Waals surface area (Å²) in [6, 6.07) is 0. The largest absolute Gasteiger partial charge is 0 e. The second kappa shape index (κ2) is 1120. The summed E-state index contributed by atoms with van der Waals surface area (Å²) in [6.07, 6.45) is 0. The zero-order chi connectivity index (χ0) is 0. The first-order valence-corrected chi connectivity index (χ1v) is 0. The molecule has 0 aliphatic rings. The van der Waals surface area contributed by atoms with Crippen molar-refractivity contribution >= 4 is 0 Å². The zero-order valence-electron chi connectivity index (χ0n) is 44.3. The van der Waals surface area contributed by atoms with Gasteiger partial charge in [0.1, 0.15) is 0 Å². The minimum Gasteiger partial charge on any atom is 0 e. The summed E-state index contributed by atoms with van der Waals surface area (Å²) in [4.78, 5) is 0. The maximum Gasteiger partial charge on any atom is 0 e. The molecule has 0 bridgehead atoms. The first kappa shape index (κ1) is 1140. The van der Waals surface area contributed by atoms with Crippen LogP contribution in [-0.2, 0) is 1840 Å². The first-order valence-electron chi connectivity index (χ1n) is 0. The van der Waals surface area contributed by atoms with Crippen LogP contribution >= 0.6 is 0 Å². The third-order valence-corrected chi connectivity index (χ3v) is 0. The fourth-order valence-corrected chi connectivity index (χ4v) is 0. The quantitative estimate of drug-likeness (QED) is 0.315. The van der Waals surface area contributed by atoms with Crippen LogP contribution < -0.4 is 0 Å². The van der Waals surface area contributed by atoms with Gasteiger partial charge in [-0.05, 0) is 0 Å². The number of hydrogen-bond acceptors (Lipinski definition) is 0. The molecular weight excluding hydrogens is 5040 g/mol. The molecule has 0 aromatic heterocycles. The topological polar surface area (TPSA) is 0 Å². The molecule has 0 rings (SSSR count). The van der Waals surface area contributed by atoms with E-state index in [9.17, 15) is 0 Å². The molecule has 0 nitrogen and oxygen atoms in total. The van der Waals surface area contributed by atoms with Crippen LogP contribution in [0.25, 0.3) is 0 Å². The van der Waals surface area contributed by atoms with Crippen molar-refractivity contribution in [2.45, 2.75) is 0 Å². The van der Waals surface area contributed by atoms with Crippen LogP contribution in [-0.4, -0.2) is 0 Å². The molecule has 99 heavy (non-hydrogen) atoms. The van der Waals surface area contributed by atoms with Crippen molar-refractivity contribution < 1.29 is 1840 Å². The molecule has 0 aliphatic carbocycles. The van der Waals surface area contributed by atoms with Crippen molar-refractivity contribution in [3.8, 4) is 0 Å². The molecule has 0 aromatic rings. The SMILES string of the molecule is [V].[V].[V].[V].[V].[V].[V].[V].[V].[V].[V].[V].[V].[V].[V].[V].[V].[V].[V].[V].[V].[V].[V].[V].[V].[V].[V].[V].[V].[V].[V].[V].[V].[V].[V].[V].[V].[V].[V].[V].[V].[V].[V].[V].[V].[V].[V].[V].[V].[V].[V].[V].[V].[V].[V].[V].[V].[V].[V].[V].[V].[V].[V].[V].[V].[V].[V].[V].[V].[V].[V].[V].[V].[V].[V].[V].[V].[V].[V].[V].[V].[V].[V].[V].[V].[V].[V].[V].[V].[V].[V].[V].[V].[V].[V].[V].[V].[V].[V]. The van der Waals surface area contributed by atoms with Crippen LogP contribution in [0, 0.1) is 0 Å². The summed E-state index contributed by atoms with van der Waals surface area (Å²) < 4.78 is 0. The van der Waals surface area contributed by atoms with Crippen molar-refractivity contribution in [2.75, 3.05) is 0 Å². The van der Waals surface area contributed by atoms with Crippen LogP contribution in [0.2, 0.25) is 0 Å². The summed E-state index contributed by atoms with van der Waals surface area (Å²) in [5, 5.41) is 0. The van der Waals surface area contributed by atoms with Gasteiger partial charge in [-0.25, -0.2) is 0 Å². The normalized spacial score (nSPS) is 0. The van der Waals surface area contributed by atoms with Gasteiger partial charge in [-0.2, -0.15) is 0 Å². The predicted octanol–water partition coefficient (Wildman–Crippen LogP) is -0.248. The van der Waals surface area contributed by atoms with Crippen molar-refractivity contribution in [1.82, 2.24) is 0 Å². The van der Waals surface area contributed by atoms with Gasteiger partial charge >= 0.3 is 0 Å². The summed E-state index contributed by atoms with van der Waals surface area (Å²) >= 11 is 0. The van der Waals surface area contributed by atoms with E-state index in [0.29, 0.717) is 0 Å². The molecule has 0 N–H and O–H groups in total. The fraction of sp³-hybridized carbons (Fsp3) is 0. The van der Waals surface area contributed by atoms with E-state index in [4.69, 9.17) is 0 Å². The van der Waals surface area contributed by atoms with Gasteiger partial charge in [-0.15, -0.1) is 0 Å². The average molecular weight is 5040 g/mol. The Morgan fingerprint density at radius 1 is 0.0101 bits per heavy atom. The van der Waals surface area contributed by atoms with Crippen molar-refractivity contribution in [3.63, 3.8) is 0 Å². The van der Waals surface area contributed by atoms with E-state index in [1.165, 1.54) is 0 Å². The van der Waals surface area contributed by atoms with Crippen LogP contribution in [0.4, 0.5) is 0 Å². The molecule has 0 atom stereocenters. The molecule has 0 fully saturated rings. The maximum absolute atomic E-state index is 0. The van der Waals surface area contributed by atoms with E-state index >= 15 is 0 Å². The van der Waals surface area contributed by atoms with Crippen LogP contribution in [0.15, 0.2) is 0 Å². The Balaban J connectivity index is 0.